The summed E-state index contributed by atoms with van der Waals surface area (Å²) in [7, 11) is 0. The molecule has 13 rings (SSSR count). The van der Waals surface area contributed by atoms with Crippen molar-refractivity contribution < 1.29 is 13.3 Å². The van der Waals surface area contributed by atoms with Gasteiger partial charge in [-0.05, 0) is 59.0 Å². The molecule has 0 fully saturated rings. The van der Waals surface area contributed by atoms with Crippen LogP contribution >= 0.6 is 0 Å². The molecule has 0 amide bonds. The Hall–Kier alpha value is -7.82. The van der Waals surface area contributed by atoms with Crippen molar-refractivity contribution in [1.29, 1.82) is 0 Å². The van der Waals surface area contributed by atoms with Crippen molar-refractivity contribution >= 4 is 88.0 Å². The number of benzene rings is 8. The van der Waals surface area contributed by atoms with Crippen molar-refractivity contribution in [3.05, 3.63) is 206 Å². The maximum absolute atomic E-state index is 6.96. The maximum Gasteiger partial charge on any atom is 0.143 e. The first-order valence-electron chi connectivity index (χ1n) is 20.6. The van der Waals surface area contributed by atoms with Gasteiger partial charge in [0.05, 0.1) is 6.04 Å². The minimum atomic E-state index is 0.0689. The Bertz CT molecular complexity index is 3690. The van der Waals surface area contributed by atoms with E-state index in [0.717, 1.165) is 93.8 Å². The van der Waals surface area contributed by atoms with Gasteiger partial charge in [-0.2, -0.15) is 0 Å². The van der Waals surface area contributed by atoms with Crippen LogP contribution in [0.2, 0.25) is 0 Å². The third-order valence-electron chi connectivity index (χ3n) is 12.7. The second-order valence-electron chi connectivity index (χ2n) is 15.9. The summed E-state index contributed by atoms with van der Waals surface area (Å²) in [6.45, 7) is 0. The highest BCUT2D eigenvalue weighted by atomic mass is 16.3. The van der Waals surface area contributed by atoms with E-state index in [1.807, 2.05) is 12.1 Å². The van der Waals surface area contributed by atoms with Gasteiger partial charge in [0.2, 0.25) is 0 Å². The van der Waals surface area contributed by atoms with Crippen LogP contribution in [0.4, 0.5) is 11.4 Å². The summed E-state index contributed by atoms with van der Waals surface area (Å²) in [5.41, 5.74) is 12.8. The van der Waals surface area contributed by atoms with Crippen molar-refractivity contribution in [2.45, 2.75) is 6.04 Å². The van der Waals surface area contributed by atoms with Gasteiger partial charge >= 0.3 is 0 Å². The zero-order valence-corrected chi connectivity index (χ0v) is 32.4. The first-order valence-corrected chi connectivity index (χ1v) is 20.6. The van der Waals surface area contributed by atoms with Crippen molar-refractivity contribution in [3.63, 3.8) is 0 Å². The minimum absolute atomic E-state index is 0.0689. The Morgan fingerprint density at radius 2 is 1.08 bits per heavy atom. The van der Waals surface area contributed by atoms with Crippen LogP contribution in [0.15, 0.2) is 219 Å². The SMILES string of the molecule is C1=CC2=CC=CC(N(c3ccc4oc5c(-c6cccc7c6oc6c(-c8ccc9c(c8)oc8ccccc89)cccc67)cccc5c4c3)c3cccc4ccccc34)C2C=C1. The molecule has 0 aliphatic heterocycles. The highest BCUT2D eigenvalue weighted by Crippen LogP contribution is 2.46. The molecule has 8 aromatic carbocycles. The number of nitrogens with zero attached hydrogens (tertiary/aromatic N) is 1. The topological polar surface area (TPSA) is 42.7 Å². The lowest BCUT2D eigenvalue weighted by Crippen LogP contribution is -2.37. The Labute approximate surface area is 344 Å². The lowest BCUT2D eigenvalue weighted by Gasteiger charge is -2.39. The molecule has 2 aliphatic rings. The normalized spacial score (nSPS) is 16.2. The monoisotopic (exact) mass is 769 g/mol. The van der Waals surface area contributed by atoms with Gasteiger partial charge in [0.25, 0.3) is 0 Å². The second-order valence-corrected chi connectivity index (χ2v) is 15.9. The van der Waals surface area contributed by atoms with Crippen LogP contribution in [0.3, 0.4) is 0 Å². The van der Waals surface area contributed by atoms with E-state index in [2.05, 4.69) is 193 Å². The van der Waals surface area contributed by atoms with Crippen molar-refractivity contribution in [2.24, 2.45) is 5.92 Å². The number of hydrogen-bond donors (Lipinski definition) is 0. The van der Waals surface area contributed by atoms with E-state index in [1.54, 1.807) is 0 Å². The molecule has 0 spiro atoms. The fourth-order valence-electron chi connectivity index (χ4n) is 9.89. The standard InChI is InChI=1S/C56H35NO3/c1-3-16-38-34(12-1)14-7-25-49(38)57(50-26-8-15-35-13-2-4-17-39(35)50)37-29-31-52-48(33-37)47-24-11-21-44(55(47)59-52)46-23-10-22-45-43-20-9-19-40(54(43)60-56(45)46)36-28-30-42-41-18-5-6-27-51(41)58-53(42)32-36/h1-33,38,49H. The van der Waals surface area contributed by atoms with Gasteiger partial charge in [-0.25, -0.2) is 0 Å². The van der Waals surface area contributed by atoms with Gasteiger partial charge in [0.15, 0.2) is 0 Å². The number of para-hydroxylation sites is 4. The van der Waals surface area contributed by atoms with E-state index in [1.165, 1.54) is 22.0 Å². The molecule has 4 heteroatoms. The van der Waals surface area contributed by atoms with Gasteiger partial charge in [-0.1, -0.05) is 158 Å². The first kappa shape index (κ1) is 33.2. The largest absolute Gasteiger partial charge is 0.456 e. The zero-order valence-electron chi connectivity index (χ0n) is 32.4. The van der Waals surface area contributed by atoms with Gasteiger partial charge in [0, 0.05) is 71.7 Å². The summed E-state index contributed by atoms with van der Waals surface area (Å²) >= 11 is 0. The number of rotatable bonds is 5. The molecule has 11 aromatic rings. The van der Waals surface area contributed by atoms with Crippen LogP contribution in [-0.2, 0) is 0 Å². The van der Waals surface area contributed by atoms with E-state index in [0.29, 0.717) is 0 Å². The van der Waals surface area contributed by atoms with Gasteiger partial charge in [0.1, 0.15) is 33.5 Å². The summed E-state index contributed by atoms with van der Waals surface area (Å²) in [5, 5.41) is 8.94. The molecule has 2 unspecified atom stereocenters. The van der Waals surface area contributed by atoms with Gasteiger partial charge in [-0.3, -0.25) is 0 Å². The Balaban J connectivity index is 0.965. The molecule has 4 nitrogen and oxygen atoms in total. The van der Waals surface area contributed by atoms with Crippen LogP contribution < -0.4 is 4.90 Å². The van der Waals surface area contributed by atoms with E-state index in [-0.39, 0.29) is 12.0 Å². The molecule has 0 saturated heterocycles. The lowest BCUT2D eigenvalue weighted by molar-refractivity contribution is 0.640. The minimum Gasteiger partial charge on any atom is -0.456 e. The summed E-state index contributed by atoms with van der Waals surface area (Å²) < 4.78 is 20.1. The van der Waals surface area contributed by atoms with Crippen LogP contribution in [-0.4, -0.2) is 6.04 Å². The smallest absolute Gasteiger partial charge is 0.143 e. The first-order chi connectivity index (χ1) is 29.7. The highest BCUT2D eigenvalue weighted by molar-refractivity contribution is 6.17. The molecule has 3 aromatic heterocycles. The fraction of sp³-hybridized carbons (Fsp3) is 0.0357. The summed E-state index contributed by atoms with van der Waals surface area (Å²) in [4.78, 5) is 2.51. The molecule has 3 heterocycles. The van der Waals surface area contributed by atoms with E-state index in [4.69, 9.17) is 13.3 Å². The number of fused-ring (bicyclic) bond motifs is 11. The average Bonchev–Trinajstić information content (AvgIpc) is 4.00. The average molecular weight is 770 g/mol. The second kappa shape index (κ2) is 12.8. The van der Waals surface area contributed by atoms with Crippen LogP contribution in [0.1, 0.15) is 0 Å². The third-order valence-corrected chi connectivity index (χ3v) is 12.7. The molecular weight excluding hydrogens is 735 g/mol. The Morgan fingerprint density at radius 1 is 0.417 bits per heavy atom. The summed E-state index contributed by atoms with van der Waals surface area (Å²) in [5.74, 6) is 0.209. The molecule has 0 N–H and O–H groups in total. The third kappa shape index (κ3) is 4.91. The molecule has 60 heavy (non-hydrogen) atoms. The van der Waals surface area contributed by atoms with Crippen LogP contribution in [0.5, 0.6) is 0 Å². The van der Waals surface area contributed by atoms with Crippen LogP contribution in [0.25, 0.3) is 98.8 Å². The maximum atomic E-state index is 6.96. The molecule has 2 aliphatic carbocycles. The van der Waals surface area contributed by atoms with E-state index in [9.17, 15) is 0 Å². The fourth-order valence-corrected chi connectivity index (χ4v) is 9.89. The van der Waals surface area contributed by atoms with Crippen molar-refractivity contribution in [1.82, 2.24) is 0 Å². The predicted octanol–water partition coefficient (Wildman–Crippen LogP) is 15.6. The van der Waals surface area contributed by atoms with E-state index < -0.39 is 0 Å². The molecule has 0 bridgehead atoms. The highest BCUT2D eigenvalue weighted by Gasteiger charge is 2.31. The molecule has 282 valence electrons. The molecule has 0 saturated carbocycles. The van der Waals surface area contributed by atoms with Crippen molar-refractivity contribution in [3.8, 4) is 22.3 Å². The lowest BCUT2D eigenvalue weighted by atomic mass is 9.83. The number of hydrogen-bond acceptors (Lipinski definition) is 4. The number of anilines is 2. The van der Waals surface area contributed by atoms with E-state index >= 15 is 0 Å². The Morgan fingerprint density at radius 3 is 1.95 bits per heavy atom. The molecule has 0 radical (unpaired) electrons. The van der Waals surface area contributed by atoms with Crippen LogP contribution in [0, 0.1) is 5.92 Å². The van der Waals surface area contributed by atoms with Gasteiger partial charge in [-0.15, -0.1) is 0 Å². The summed E-state index contributed by atoms with van der Waals surface area (Å²) in [6, 6.07) is 56.0. The van der Waals surface area contributed by atoms with Crippen molar-refractivity contribution in [2.75, 3.05) is 4.90 Å². The number of allylic oxidation sites excluding steroid dienone is 5. The number of furan rings is 3. The van der Waals surface area contributed by atoms with Gasteiger partial charge < -0.3 is 18.2 Å². The predicted molar refractivity (Wildman–Crippen MR) is 248 cm³/mol. The summed E-state index contributed by atoms with van der Waals surface area (Å²) in [6.07, 6.45) is 15.7. The molecular formula is C56H35NO3. The molecule has 2 atom stereocenters. The zero-order chi connectivity index (χ0) is 39.3. The quantitative estimate of drug-likeness (QED) is 0.175. The Kier molecular flexibility index (Phi) is 7.10.